The van der Waals surface area contributed by atoms with Crippen molar-refractivity contribution in [1.29, 1.82) is 0 Å². The third-order valence-corrected chi connectivity index (χ3v) is 5.07. The van der Waals surface area contributed by atoms with Gasteiger partial charge in [-0.1, -0.05) is 36.4 Å². The van der Waals surface area contributed by atoms with Crippen molar-refractivity contribution in [3.05, 3.63) is 72.2 Å². The Bertz CT molecular complexity index is 891. The first-order valence-electron chi connectivity index (χ1n) is 9.77. The minimum atomic E-state index is 0.185. The number of benzene rings is 1. The number of piperazine rings is 1. The highest BCUT2D eigenvalue weighted by Gasteiger charge is 2.20. The molecule has 1 atom stereocenters. The fraction of sp³-hybridized carbons (Fsp3) is 0.318. The van der Waals surface area contributed by atoms with Crippen LogP contribution >= 0.6 is 0 Å². The standard InChI is InChI=1S/C22H26N6/c1-17(19-8-4-3-5-9-19)24-20-16-22(26-18(2)25-20)28-14-12-27(13-15-28)21-10-6-7-11-23-21/h3-11,16-17H,12-15H2,1-2H3,(H,24,25,26). The van der Waals surface area contributed by atoms with Gasteiger partial charge < -0.3 is 15.1 Å². The summed E-state index contributed by atoms with van der Waals surface area (Å²) in [6.07, 6.45) is 1.85. The number of rotatable bonds is 5. The van der Waals surface area contributed by atoms with E-state index in [2.05, 4.69) is 73.4 Å². The molecule has 0 aliphatic carbocycles. The molecule has 0 spiro atoms. The largest absolute Gasteiger partial charge is 0.363 e. The molecule has 1 N–H and O–H groups in total. The Balaban J connectivity index is 1.44. The second kappa shape index (κ2) is 8.25. The van der Waals surface area contributed by atoms with Crippen LogP contribution in [0.3, 0.4) is 0 Å². The van der Waals surface area contributed by atoms with E-state index in [4.69, 9.17) is 0 Å². The van der Waals surface area contributed by atoms with E-state index in [1.165, 1.54) is 5.56 Å². The molecule has 2 aromatic heterocycles. The van der Waals surface area contributed by atoms with Crippen LogP contribution in [-0.4, -0.2) is 41.1 Å². The van der Waals surface area contributed by atoms with E-state index in [9.17, 15) is 0 Å². The van der Waals surface area contributed by atoms with Crippen LogP contribution in [-0.2, 0) is 0 Å². The molecule has 4 rings (SSSR count). The van der Waals surface area contributed by atoms with Gasteiger partial charge in [0.25, 0.3) is 0 Å². The number of aromatic nitrogens is 3. The summed E-state index contributed by atoms with van der Waals surface area (Å²) in [6, 6.07) is 18.7. The van der Waals surface area contributed by atoms with Gasteiger partial charge in [-0.05, 0) is 31.5 Å². The first kappa shape index (κ1) is 18.2. The maximum Gasteiger partial charge on any atom is 0.134 e. The fourth-order valence-corrected chi connectivity index (χ4v) is 3.54. The topological polar surface area (TPSA) is 57.2 Å². The smallest absolute Gasteiger partial charge is 0.134 e. The lowest BCUT2D eigenvalue weighted by atomic mass is 10.1. The van der Waals surface area contributed by atoms with Gasteiger partial charge in [-0.15, -0.1) is 0 Å². The van der Waals surface area contributed by atoms with E-state index in [1.54, 1.807) is 0 Å². The zero-order valence-corrected chi connectivity index (χ0v) is 16.4. The molecule has 6 heteroatoms. The molecular weight excluding hydrogens is 348 g/mol. The zero-order chi connectivity index (χ0) is 19.3. The van der Waals surface area contributed by atoms with Crippen molar-refractivity contribution in [2.45, 2.75) is 19.9 Å². The van der Waals surface area contributed by atoms with Crippen LogP contribution in [0.15, 0.2) is 60.8 Å². The molecule has 3 heterocycles. The maximum absolute atomic E-state index is 4.68. The Morgan fingerprint density at radius 2 is 1.54 bits per heavy atom. The van der Waals surface area contributed by atoms with Crippen molar-refractivity contribution >= 4 is 17.5 Å². The van der Waals surface area contributed by atoms with Gasteiger partial charge in [0.05, 0.1) is 0 Å². The second-order valence-electron chi connectivity index (χ2n) is 7.10. The third kappa shape index (κ3) is 4.22. The van der Waals surface area contributed by atoms with Crippen LogP contribution in [0.4, 0.5) is 17.5 Å². The average molecular weight is 374 g/mol. The van der Waals surface area contributed by atoms with Crippen molar-refractivity contribution in [1.82, 2.24) is 15.0 Å². The average Bonchev–Trinajstić information content (AvgIpc) is 2.75. The number of aryl methyl sites for hydroxylation is 1. The first-order valence-corrected chi connectivity index (χ1v) is 9.77. The normalized spacial score (nSPS) is 15.4. The predicted octanol–water partition coefficient (Wildman–Crippen LogP) is 3.68. The summed E-state index contributed by atoms with van der Waals surface area (Å²) in [5, 5.41) is 3.51. The quantitative estimate of drug-likeness (QED) is 0.735. The van der Waals surface area contributed by atoms with Crippen molar-refractivity contribution in [2.75, 3.05) is 41.3 Å². The van der Waals surface area contributed by atoms with E-state index in [0.717, 1.165) is 49.5 Å². The number of pyridine rings is 1. The van der Waals surface area contributed by atoms with Crippen LogP contribution in [0.25, 0.3) is 0 Å². The summed E-state index contributed by atoms with van der Waals surface area (Å²) in [5.74, 6) is 3.68. The third-order valence-electron chi connectivity index (χ3n) is 5.07. The molecule has 0 radical (unpaired) electrons. The van der Waals surface area contributed by atoms with E-state index < -0.39 is 0 Å². The molecular formula is C22H26N6. The van der Waals surface area contributed by atoms with Crippen molar-refractivity contribution in [2.24, 2.45) is 0 Å². The molecule has 1 fully saturated rings. The Morgan fingerprint density at radius 3 is 2.21 bits per heavy atom. The molecule has 144 valence electrons. The van der Waals surface area contributed by atoms with Gasteiger partial charge in [-0.25, -0.2) is 15.0 Å². The molecule has 0 amide bonds. The molecule has 3 aromatic rings. The lowest BCUT2D eigenvalue weighted by Crippen LogP contribution is -2.47. The Labute approximate surface area is 166 Å². The summed E-state index contributed by atoms with van der Waals surface area (Å²) in [6.45, 7) is 7.80. The molecule has 1 aliphatic rings. The number of nitrogens with one attached hydrogen (secondary N) is 1. The highest BCUT2D eigenvalue weighted by molar-refractivity contribution is 5.52. The Morgan fingerprint density at radius 1 is 0.857 bits per heavy atom. The van der Waals surface area contributed by atoms with Crippen LogP contribution in [0.2, 0.25) is 0 Å². The van der Waals surface area contributed by atoms with Crippen LogP contribution < -0.4 is 15.1 Å². The molecule has 1 saturated heterocycles. The van der Waals surface area contributed by atoms with Crippen LogP contribution in [0, 0.1) is 6.92 Å². The highest BCUT2D eigenvalue weighted by Crippen LogP contribution is 2.23. The van der Waals surface area contributed by atoms with Gasteiger partial charge in [0.15, 0.2) is 0 Å². The lowest BCUT2D eigenvalue weighted by Gasteiger charge is -2.36. The van der Waals surface area contributed by atoms with E-state index in [1.807, 2.05) is 31.3 Å². The van der Waals surface area contributed by atoms with E-state index in [0.29, 0.717) is 0 Å². The number of hydrogen-bond acceptors (Lipinski definition) is 6. The molecule has 1 aromatic carbocycles. The van der Waals surface area contributed by atoms with Gasteiger partial charge in [0, 0.05) is 44.5 Å². The minimum absolute atomic E-state index is 0.185. The van der Waals surface area contributed by atoms with E-state index >= 15 is 0 Å². The molecule has 0 bridgehead atoms. The Kier molecular flexibility index (Phi) is 5.37. The second-order valence-corrected chi connectivity index (χ2v) is 7.10. The van der Waals surface area contributed by atoms with Gasteiger partial charge in [0.2, 0.25) is 0 Å². The van der Waals surface area contributed by atoms with Gasteiger partial charge in [-0.2, -0.15) is 0 Å². The number of anilines is 3. The number of hydrogen-bond donors (Lipinski definition) is 1. The van der Waals surface area contributed by atoms with Gasteiger partial charge >= 0.3 is 0 Å². The monoisotopic (exact) mass is 374 g/mol. The van der Waals surface area contributed by atoms with Crippen molar-refractivity contribution in [3.8, 4) is 0 Å². The number of nitrogens with zero attached hydrogens (tertiary/aromatic N) is 5. The van der Waals surface area contributed by atoms with Crippen molar-refractivity contribution < 1.29 is 0 Å². The summed E-state index contributed by atoms with van der Waals surface area (Å²) < 4.78 is 0. The first-order chi connectivity index (χ1) is 13.7. The van der Waals surface area contributed by atoms with Crippen LogP contribution in [0.5, 0.6) is 0 Å². The summed E-state index contributed by atoms with van der Waals surface area (Å²) in [7, 11) is 0. The highest BCUT2D eigenvalue weighted by atomic mass is 15.3. The molecule has 1 unspecified atom stereocenters. The molecule has 28 heavy (non-hydrogen) atoms. The zero-order valence-electron chi connectivity index (χ0n) is 16.4. The predicted molar refractivity (Wildman–Crippen MR) is 114 cm³/mol. The minimum Gasteiger partial charge on any atom is -0.363 e. The summed E-state index contributed by atoms with van der Waals surface area (Å²) >= 11 is 0. The van der Waals surface area contributed by atoms with Crippen LogP contribution in [0.1, 0.15) is 24.4 Å². The SMILES string of the molecule is Cc1nc(NC(C)c2ccccc2)cc(N2CCN(c3ccccn3)CC2)n1. The maximum atomic E-state index is 4.68. The fourth-order valence-electron chi connectivity index (χ4n) is 3.54. The Hall–Kier alpha value is -3.15. The summed E-state index contributed by atoms with van der Waals surface area (Å²) in [4.78, 5) is 18.4. The molecule has 1 aliphatic heterocycles. The summed E-state index contributed by atoms with van der Waals surface area (Å²) in [5.41, 5.74) is 1.24. The molecule has 6 nitrogen and oxygen atoms in total. The lowest BCUT2D eigenvalue weighted by molar-refractivity contribution is 0.640. The van der Waals surface area contributed by atoms with Gasteiger partial charge in [-0.3, -0.25) is 0 Å². The van der Waals surface area contributed by atoms with Crippen molar-refractivity contribution in [3.63, 3.8) is 0 Å². The van der Waals surface area contributed by atoms with Gasteiger partial charge in [0.1, 0.15) is 23.3 Å². The van der Waals surface area contributed by atoms with E-state index in [-0.39, 0.29) is 6.04 Å². The molecule has 0 saturated carbocycles.